The van der Waals surface area contributed by atoms with E-state index in [-0.39, 0.29) is 5.91 Å². The van der Waals surface area contributed by atoms with E-state index in [0.29, 0.717) is 12.1 Å². The number of carbonyl (C=O) groups is 1. The van der Waals surface area contributed by atoms with Crippen molar-refractivity contribution < 1.29 is 9.21 Å². The second-order valence-corrected chi connectivity index (χ2v) is 4.62. The van der Waals surface area contributed by atoms with Crippen molar-refractivity contribution in [2.24, 2.45) is 7.05 Å². The Hall–Kier alpha value is -2.89. The number of rotatable bonds is 4. The van der Waals surface area contributed by atoms with Crippen LogP contribution in [0.5, 0.6) is 0 Å². The molecule has 0 saturated heterocycles. The van der Waals surface area contributed by atoms with Gasteiger partial charge in [-0.2, -0.15) is 5.10 Å². The Morgan fingerprint density at radius 2 is 2.29 bits per heavy atom. The molecule has 0 aromatic carbocycles. The summed E-state index contributed by atoms with van der Waals surface area (Å²) in [5, 5.41) is 6.97. The Bertz CT molecular complexity index is 747. The summed E-state index contributed by atoms with van der Waals surface area (Å²) in [5.41, 5.74) is 3.37. The van der Waals surface area contributed by atoms with Crippen LogP contribution in [0.1, 0.15) is 15.9 Å². The highest BCUT2D eigenvalue weighted by Crippen LogP contribution is 2.18. The number of aryl methyl sites for hydroxylation is 1. The maximum atomic E-state index is 11.8. The number of hydrogen-bond acceptors (Lipinski definition) is 4. The first-order valence-corrected chi connectivity index (χ1v) is 6.47. The van der Waals surface area contributed by atoms with Crippen molar-refractivity contribution in [3.63, 3.8) is 0 Å². The Morgan fingerprint density at radius 3 is 3.00 bits per heavy atom. The molecule has 0 aliphatic carbocycles. The van der Waals surface area contributed by atoms with Gasteiger partial charge in [0.15, 0.2) is 0 Å². The lowest BCUT2D eigenvalue weighted by Gasteiger charge is -2.06. The van der Waals surface area contributed by atoms with Crippen molar-refractivity contribution in [1.29, 1.82) is 0 Å². The molecule has 0 aliphatic heterocycles. The maximum absolute atomic E-state index is 11.8. The van der Waals surface area contributed by atoms with Crippen LogP contribution in [0.25, 0.3) is 11.3 Å². The molecular formula is C15H14N4O2. The highest BCUT2D eigenvalue weighted by molar-refractivity contribution is 5.93. The van der Waals surface area contributed by atoms with Gasteiger partial charge in [-0.3, -0.25) is 14.5 Å². The van der Waals surface area contributed by atoms with Crippen LogP contribution >= 0.6 is 0 Å². The smallest absolute Gasteiger partial charge is 0.254 e. The topological polar surface area (TPSA) is 73.0 Å². The van der Waals surface area contributed by atoms with E-state index in [2.05, 4.69) is 15.4 Å². The predicted molar refractivity (Wildman–Crippen MR) is 76.3 cm³/mol. The van der Waals surface area contributed by atoms with Crippen molar-refractivity contribution >= 4 is 5.91 Å². The van der Waals surface area contributed by atoms with E-state index >= 15 is 0 Å². The summed E-state index contributed by atoms with van der Waals surface area (Å²) in [6.07, 6.45) is 8.13. The quantitative estimate of drug-likeness (QED) is 0.794. The first-order chi connectivity index (χ1) is 10.2. The fourth-order valence-corrected chi connectivity index (χ4v) is 2.06. The van der Waals surface area contributed by atoms with Gasteiger partial charge in [-0.05, 0) is 23.8 Å². The number of hydrogen-bond donors (Lipinski definition) is 1. The standard InChI is InChI=1S/C15H14N4O2/c1-19-14(2-4-18-19)13-6-11(7-16-9-13)8-17-15(20)12-3-5-21-10-12/h2-7,9-10H,8H2,1H3,(H,17,20). The Kier molecular flexibility index (Phi) is 3.51. The van der Waals surface area contributed by atoms with Crippen LogP contribution in [0.4, 0.5) is 0 Å². The van der Waals surface area contributed by atoms with Crippen LogP contribution in [-0.4, -0.2) is 20.7 Å². The van der Waals surface area contributed by atoms with E-state index in [9.17, 15) is 4.79 Å². The van der Waals surface area contributed by atoms with Crippen molar-refractivity contribution in [3.8, 4) is 11.3 Å². The van der Waals surface area contributed by atoms with E-state index in [0.717, 1.165) is 16.8 Å². The zero-order chi connectivity index (χ0) is 14.7. The lowest BCUT2D eigenvalue weighted by molar-refractivity contribution is 0.0950. The molecule has 1 N–H and O–H groups in total. The second-order valence-electron chi connectivity index (χ2n) is 4.62. The summed E-state index contributed by atoms with van der Waals surface area (Å²) in [4.78, 5) is 16.1. The van der Waals surface area contributed by atoms with Crippen molar-refractivity contribution in [3.05, 3.63) is 60.4 Å². The zero-order valence-electron chi connectivity index (χ0n) is 11.5. The third kappa shape index (κ3) is 2.84. The predicted octanol–water partition coefficient (Wildman–Crippen LogP) is 2.01. The molecule has 0 atom stereocenters. The van der Waals surface area contributed by atoms with Gasteiger partial charge in [0, 0.05) is 37.7 Å². The van der Waals surface area contributed by atoms with Crippen LogP contribution in [0, 0.1) is 0 Å². The molecule has 0 radical (unpaired) electrons. The molecule has 0 bridgehead atoms. The van der Waals surface area contributed by atoms with Gasteiger partial charge in [0.25, 0.3) is 5.91 Å². The summed E-state index contributed by atoms with van der Waals surface area (Å²) in [7, 11) is 1.88. The number of aromatic nitrogens is 3. The van der Waals surface area contributed by atoms with Crippen LogP contribution < -0.4 is 5.32 Å². The van der Waals surface area contributed by atoms with Gasteiger partial charge in [-0.25, -0.2) is 0 Å². The number of amides is 1. The maximum Gasteiger partial charge on any atom is 0.254 e. The molecular weight excluding hydrogens is 268 g/mol. The van der Waals surface area contributed by atoms with E-state index in [1.54, 1.807) is 29.3 Å². The molecule has 3 heterocycles. The number of carbonyl (C=O) groups excluding carboxylic acids is 1. The molecule has 0 unspecified atom stereocenters. The SMILES string of the molecule is Cn1nccc1-c1cncc(CNC(=O)c2ccoc2)c1. The average Bonchev–Trinajstić information content (AvgIpc) is 3.16. The van der Waals surface area contributed by atoms with Gasteiger partial charge in [-0.1, -0.05) is 0 Å². The molecule has 1 amide bonds. The molecule has 3 aromatic heterocycles. The molecule has 6 nitrogen and oxygen atoms in total. The van der Waals surface area contributed by atoms with Gasteiger partial charge in [0.1, 0.15) is 6.26 Å². The normalized spacial score (nSPS) is 10.5. The summed E-state index contributed by atoms with van der Waals surface area (Å²) in [5.74, 6) is -0.172. The fraction of sp³-hybridized carbons (Fsp3) is 0.133. The van der Waals surface area contributed by atoms with Crippen LogP contribution in [0.2, 0.25) is 0 Å². The minimum atomic E-state index is -0.172. The minimum Gasteiger partial charge on any atom is -0.472 e. The summed E-state index contributed by atoms with van der Waals surface area (Å²) in [6, 6.07) is 5.53. The highest BCUT2D eigenvalue weighted by atomic mass is 16.3. The summed E-state index contributed by atoms with van der Waals surface area (Å²) >= 11 is 0. The van der Waals surface area contributed by atoms with Crippen LogP contribution in [0.15, 0.2) is 53.7 Å². The summed E-state index contributed by atoms with van der Waals surface area (Å²) < 4.78 is 6.67. The van der Waals surface area contributed by atoms with Gasteiger partial charge in [0.2, 0.25) is 0 Å². The van der Waals surface area contributed by atoms with Crippen LogP contribution in [-0.2, 0) is 13.6 Å². The number of pyridine rings is 1. The Morgan fingerprint density at radius 1 is 1.38 bits per heavy atom. The lowest BCUT2D eigenvalue weighted by atomic mass is 10.1. The zero-order valence-corrected chi connectivity index (χ0v) is 11.5. The van der Waals surface area contributed by atoms with E-state index in [4.69, 9.17) is 4.42 Å². The number of nitrogens with zero attached hydrogens (tertiary/aromatic N) is 3. The molecule has 21 heavy (non-hydrogen) atoms. The third-order valence-electron chi connectivity index (χ3n) is 3.15. The third-order valence-corrected chi connectivity index (χ3v) is 3.15. The van der Waals surface area contributed by atoms with Crippen LogP contribution in [0.3, 0.4) is 0 Å². The molecule has 6 heteroatoms. The van der Waals surface area contributed by atoms with Crippen molar-refractivity contribution in [2.45, 2.75) is 6.54 Å². The summed E-state index contributed by atoms with van der Waals surface area (Å²) in [6.45, 7) is 0.405. The van der Waals surface area contributed by atoms with Gasteiger partial charge >= 0.3 is 0 Å². The molecule has 106 valence electrons. The largest absolute Gasteiger partial charge is 0.472 e. The molecule has 0 spiro atoms. The van der Waals surface area contributed by atoms with Crippen molar-refractivity contribution in [1.82, 2.24) is 20.1 Å². The monoisotopic (exact) mass is 282 g/mol. The molecule has 3 rings (SSSR count). The van der Waals surface area contributed by atoms with E-state index < -0.39 is 0 Å². The average molecular weight is 282 g/mol. The second kappa shape index (κ2) is 5.62. The van der Waals surface area contributed by atoms with Gasteiger partial charge in [-0.15, -0.1) is 0 Å². The fourth-order valence-electron chi connectivity index (χ4n) is 2.06. The lowest BCUT2D eigenvalue weighted by Crippen LogP contribution is -2.22. The van der Waals surface area contributed by atoms with E-state index in [1.165, 1.54) is 12.5 Å². The molecule has 3 aromatic rings. The Labute approximate surface area is 121 Å². The minimum absolute atomic E-state index is 0.172. The first-order valence-electron chi connectivity index (χ1n) is 6.47. The van der Waals surface area contributed by atoms with Crippen molar-refractivity contribution in [2.75, 3.05) is 0 Å². The number of nitrogens with one attached hydrogen (secondary N) is 1. The molecule has 0 fully saturated rings. The highest BCUT2D eigenvalue weighted by Gasteiger charge is 2.08. The molecule has 0 saturated carbocycles. The van der Waals surface area contributed by atoms with Gasteiger partial charge in [0.05, 0.1) is 17.5 Å². The van der Waals surface area contributed by atoms with E-state index in [1.807, 2.05) is 19.2 Å². The Balaban J connectivity index is 1.72. The number of furan rings is 1. The molecule has 0 aliphatic rings. The van der Waals surface area contributed by atoms with Gasteiger partial charge < -0.3 is 9.73 Å². The first kappa shape index (κ1) is 13.1.